The molecule has 22 heavy (non-hydrogen) atoms. The van der Waals surface area contributed by atoms with Crippen molar-refractivity contribution in [2.75, 3.05) is 6.54 Å². The minimum Gasteiger partial charge on any atom is -0.331 e. The molecule has 3 heterocycles. The molecule has 0 saturated heterocycles. The minimum atomic E-state index is -0.0168. The third kappa shape index (κ3) is 2.86. The molecule has 2 amide bonds. The first-order valence-electron chi connectivity index (χ1n) is 7.74. The topological polar surface area (TPSA) is 45.2 Å². The molecule has 5 heteroatoms. The number of nitrogens with zero attached hydrogens (tertiary/aromatic N) is 2. The summed E-state index contributed by atoms with van der Waals surface area (Å²) in [4.78, 5) is 20.1. The van der Waals surface area contributed by atoms with Crippen LogP contribution in [0.4, 0.5) is 4.79 Å². The van der Waals surface area contributed by atoms with Crippen molar-refractivity contribution in [2.45, 2.75) is 38.8 Å². The Labute approximate surface area is 135 Å². The van der Waals surface area contributed by atoms with Crippen molar-refractivity contribution in [3.8, 4) is 0 Å². The van der Waals surface area contributed by atoms with Crippen molar-refractivity contribution in [1.29, 1.82) is 0 Å². The average molecular weight is 315 g/mol. The zero-order valence-corrected chi connectivity index (χ0v) is 13.8. The fourth-order valence-corrected chi connectivity index (χ4v) is 4.01. The SMILES string of the molecule is CC[C@H]1c2ccsc2CCN1C(=O)N[C@H](C)c1ccncc1. The highest BCUT2D eigenvalue weighted by Crippen LogP contribution is 2.35. The van der Waals surface area contributed by atoms with Gasteiger partial charge in [0.1, 0.15) is 0 Å². The first-order valence-corrected chi connectivity index (χ1v) is 8.62. The molecular weight excluding hydrogens is 294 g/mol. The number of pyridine rings is 1. The monoisotopic (exact) mass is 315 g/mol. The maximum Gasteiger partial charge on any atom is 0.318 e. The van der Waals surface area contributed by atoms with Gasteiger partial charge in [-0.05, 0) is 54.5 Å². The summed E-state index contributed by atoms with van der Waals surface area (Å²) >= 11 is 1.80. The Balaban J connectivity index is 1.72. The summed E-state index contributed by atoms with van der Waals surface area (Å²) in [6.07, 6.45) is 5.41. The smallest absolute Gasteiger partial charge is 0.318 e. The van der Waals surface area contributed by atoms with Crippen molar-refractivity contribution < 1.29 is 4.79 Å². The van der Waals surface area contributed by atoms with E-state index >= 15 is 0 Å². The molecule has 1 aliphatic heterocycles. The Morgan fingerprint density at radius 3 is 2.95 bits per heavy atom. The van der Waals surface area contributed by atoms with Gasteiger partial charge in [-0.3, -0.25) is 4.98 Å². The van der Waals surface area contributed by atoms with Gasteiger partial charge in [0.15, 0.2) is 0 Å². The summed E-state index contributed by atoms with van der Waals surface area (Å²) in [5, 5.41) is 5.25. The number of nitrogens with one attached hydrogen (secondary N) is 1. The Morgan fingerprint density at radius 2 is 2.23 bits per heavy atom. The van der Waals surface area contributed by atoms with E-state index in [1.54, 1.807) is 23.7 Å². The van der Waals surface area contributed by atoms with Crippen LogP contribution in [0.1, 0.15) is 48.4 Å². The van der Waals surface area contributed by atoms with Crippen LogP contribution in [-0.2, 0) is 6.42 Å². The van der Waals surface area contributed by atoms with Crippen LogP contribution < -0.4 is 5.32 Å². The van der Waals surface area contributed by atoms with Crippen LogP contribution in [0.15, 0.2) is 36.0 Å². The van der Waals surface area contributed by atoms with E-state index < -0.39 is 0 Å². The second kappa shape index (κ2) is 6.48. The maximum atomic E-state index is 12.7. The third-order valence-corrected chi connectivity index (χ3v) is 5.29. The molecule has 2 aromatic rings. The van der Waals surface area contributed by atoms with E-state index in [0.717, 1.165) is 24.9 Å². The lowest BCUT2D eigenvalue weighted by atomic mass is 9.98. The molecule has 116 valence electrons. The highest BCUT2D eigenvalue weighted by molar-refractivity contribution is 7.10. The van der Waals surface area contributed by atoms with E-state index in [4.69, 9.17) is 0 Å². The number of carbonyl (C=O) groups is 1. The molecule has 0 radical (unpaired) electrons. The molecule has 0 aromatic carbocycles. The number of amides is 2. The Morgan fingerprint density at radius 1 is 1.45 bits per heavy atom. The summed E-state index contributed by atoms with van der Waals surface area (Å²) in [5.41, 5.74) is 2.40. The van der Waals surface area contributed by atoms with E-state index in [9.17, 15) is 4.79 Å². The van der Waals surface area contributed by atoms with Crippen LogP contribution >= 0.6 is 11.3 Å². The fraction of sp³-hybridized carbons (Fsp3) is 0.412. The predicted molar refractivity (Wildman–Crippen MR) is 88.9 cm³/mol. The van der Waals surface area contributed by atoms with E-state index in [0.29, 0.717) is 0 Å². The van der Waals surface area contributed by atoms with Gasteiger partial charge in [-0.2, -0.15) is 0 Å². The van der Waals surface area contributed by atoms with E-state index in [1.165, 1.54) is 10.4 Å². The molecule has 3 rings (SSSR count). The lowest BCUT2D eigenvalue weighted by Gasteiger charge is -2.36. The van der Waals surface area contributed by atoms with E-state index in [1.807, 2.05) is 24.0 Å². The standard InChI is InChI=1S/C17H21N3OS/c1-3-15-14-7-11-22-16(14)6-10-20(15)17(21)19-12(2)13-4-8-18-9-5-13/h4-5,7-9,11-12,15H,3,6,10H2,1-2H3,(H,19,21)/t12-,15+/m1/s1. The summed E-state index contributed by atoms with van der Waals surface area (Å²) in [6, 6.07) is 6.25. The first-order chi connectivity index (χ1) is 10.7. The van der Waals surface area contributed by atoms with Gasteiger partial charge < -0.3 is 10.2 Å². The highest BCUT2D eigenvalue weighted by Gasteiger charge is 2.30. The molecule has 0 bridgehead atoms. The summed E-state index contributed by atoms with van der Waals surface area (Å²) in [5.74, 6) is 0. The van der Waals surface area contributed by atoms with Crippen molar-refractivity contribution in [3.63, 3.8) is 0 Å². The Bertz CT molecular complexity index is 640. The number of hydrogen-bond acceptors (Lipinski definition) is 3. The zero-order valence-electron chi connectivity index (χ0n) is 13.0. The van der Waals surface area contributed by atoms with Gasteiger partial charge in [0, 0.05) is 23.8 Å². The number of urea groups is 1. The number of rotatable bonds is 3. The quantitative estimate of drug-likeness (QED) is 0.933. The lowest BCUT2D eigenvalue weighted by molar-refractivity contribution is 0.165. The van der Waals surface area contributed by atoms with Crippen LogP contribution in [-0.4, -0.2) is 22.5 Å². The average Bonchev–Trinajstić information content (AvgIpc) is 3.03. The van der Waals surface area contributed by atoms with Gasteiger partial charge in [0.2, 0.25) is 0 Å². The molecule has 1 N–H and O–H groups in total. The summed E-state index contributed by atoms with van der Waals surface area (Å²) in [6.45, 7) is 4.94. The number of fused-ring (bicyclic) bond motifs is 1. The van der Waals surface area contributed by atoms with Crippen molar-refractivity contribution >= 4 is 17.4 Å². The molecule has 0 unspecified atom stereocenters. The van der Waals surface area contributed by atoms with Crippen LogP contribution in [0.3, 0.4) is 0 Å². The first kappa shape index (κ1) is 15.0. The molecule has 0 saturated carbocycles. The molecular formula is C17H21N3OS. The highest BCUT2D eigenvalue weighted by atomic mass is 32.1. The van der Waals surface area contributed by atoms with Crippen LogP contribution in [0, 0.1) is 0 Å². The van der Waals surface area contributed by atoms with Crippen LogP contribution in [0.5, 0.6) is 0 Å². The van der Waals surface area contributed by atoms with Crippen LogP contribution in [0.2, 0.25) is 0 Å². The Hall–Kier alpha value is -1.88. The number of aromatic nitrogens is 1. The van der Waals surface area contributed by atoms with Gasteiger partial charge in [-0.25, -0.2) is 4.79 Å². The van der Waals surface area contributed by atoms with Gasteiger partial charge in [-0.1, -0.05) is 6.92 Å². The molecule has 1 aliphatic rings. The molecule has 2 aromatic heterocycles. The van der Waals surface area contributed by atoms with E-state index in [2.05, 4.69) is 28.7 Å². The maximum absolute atomic E-state index is 12.7. The fourth-order valence-electron chi connectivity index (χ4n) is 3.08. The Kier molecular flexibility index (Phi) is 4.43. The van der Waals surface area contributed by atoms with Gasteiger partial charge in [-0.15, -0.1) is 11.3 Å². The van der Waals surface area contributed by atoms with Gasteiger partial charge in [0.25, 0.3) is 0 Å². The van der Waals surface area contributed by atoms with Crippen molar-refractivity contribution in [2.24, 2.45) is 0 Å². The number of hydrogen-bond donors (Lipinski definition) is 1. The number of carbonyl (C=O) groups excluding carboxylic acids is 1. The normalized spacial score (nSPS) is 18.6. The molecule has 0 fully saturated rings. The number of thiophene rings is 1. The van der Waals surface area contributed by atoms with E-state index in [-0.39, 0.29) is 18.1 Å². The molecule has 0 spiro atoms. The van der Waals surface area contributed by atoms with Gasteiger partial charge in [0.05, 0.1) is 12.1 Å². The van der Waals surface area contributed by atoms with Crippen molar-refractivity contribution in [1.82, 2.24) is 15.2 Å². The second-order valence-corrected chi connectivity index (χ2v) is 6.62. The molecule has 4 nitrogen and oxygen atoms in total. The lowest BCUT2D eigenvalue weighted by Crippen LogP contribution is -2.45. The second-order valence-electron chi connectivity index (χ2n) is 5.62. The zero-order chi connectivity index (χ0) is 15.5. The predicted octanol–water partition coefficient (Wildman–Crippen LogP) is 3.92. The van der Waals surface area contributed by atoms with Crippen molar-refractivity contribution in [3.05, 3.63) is 52.0 Å². The minimum absolute atomic E-state index is 0.0168. The summed E-state index contributed by atoms with van der Waals surface area (Å²) < 4.78 is 0. The largest absolute Gasteiger partial charge is 0.331 e. The molecule has 2 atom stereocenters. The van der Waals surface area contributed by atoms with Gasteiger partial charge >= 0.3 is 6.03 Å². The third-order valence-electron chi connectivity index (χ3n) is 4.29. The van der Waals surface area contributed by atoms with Crippen LogP contribution in [0.25, 0.3) is 0 Å². The molecule has 0 aliphatic carbocycles. The summed E-state index contributed by atoms with van der Waals surface area (Å²) in [7, 11) is 0.